The highest BCUT2D eigenvalue weighted by Crippen LogP contribution is 2.13. The van der Waals surface area contributed by atoms with Crippen LogP contribution in [0.25, 0.3) is 0 Å². The zero-order chi connectivity index (χ0) is 13.8. The number of benzene rings is 2. The fourth-order valence-corrected chi connectivity index (χ4v) is 2.00. The maximum Gasteiger partial charge on any atom is 0.255 e. The van der Waals surface area contributed by atoms with Crippen molar-refractivity contribution in [3.63, 3.8) is 0 Å². The zero-order valence-corrected chi connectivity index (χ0v) is 11.1. The van der Waals surface area contributed by atoms with Crippen LogP contribution in [0.2, 0.25) is 0 Å². The molecule has 98 valence electrons. The summed E-state index contributed by atoms with van der Waals surface area (Å²) in [6, 6.07) is 12.9. The molecule has 1 amide bonds. The Balaban J connectivity index is 2.15. The van der Waals surface area contributed by atoms with Crippen LogP contribution in [-0.4, -0.2) is 11.0 Å². The van der Waals surface area contributed by atoms with Crippen molar-refractivity contribution in [1.82, 2.24) is 0 Å². The summed E-state index contributed by atoms with van der Waals surface area (Å²) in [6.45, 7) is 3.95. The third kappa shape index (κ3) is 3.42. The first-order valence-corrected chi connectivity index (χ1v) is 6.18. The van der Waals surface area contributed by atoms with Crippen LogP contribution in [0.3, 0.4) is 0 Å². The van der Waals surface area contributed by atoms with Crippen LogP contribution >= 0.6 is 0 Å². The highest BCUT2D eigenvalue weighted by Gasteiger charge is 2.07. The highest BCUT2D eigenvalue weighted by molar-refractivity contribution is 6.04. The van der Waals surface area contributed by atoms with Crippen LogP contribution in [0.5, 0.6) is 0 Å². The van der Waals surface area contributed by atoms with Crippen LogP contribution in [-0.2, 0) is 6.61 Å². The molecule has 0 atom stereocenters. The van der Waals surface area contributed by atoms with Gasteiger partial charge in [-0.15, -0.1) is 0 Å². The van der Waals surface area contributed by atoms with Crippen LogP contribution < -0.4 is 5.32 Å². The van der Waals surface area contributed by atoms with Gasteiger partial charge in [-0.05, 0) is 43.7 Å². The molecule has 0 aromatic heterocycles. The first-order valence-electron chi connectivity index (χ1n) is 6.18. The van der Waals surface area contributed by atoms with Gasteiger partial charge in [-0.1, -0.05) is 29.3 Å². The molecule has 2 aromatic carbocycles. The number of hydrogen-bond acceptors (Lipinski definition) is 2. The lowest BCUT2D eigenvalue weighted by atomic mass is 10.1. The number of nitrogens with one attached hydrogen (secondary N) is 1. The summed E-state index contributed by atoms with van der Waals surface area (Å²) in [5.41, 5.74) is 4.34. The SMILES string of the molecule is Cc1cc(C)cc(C(=O)Nc2ccc(CO)cc2)c1. The average Bonchev–Trinajstić information content (AvgIpc) is 2.38. The Morgan fingerprint density at radius 1 is 1.05 bits per heavy atom. The molecule has 0 aliphatic heterocycles. The topological polar surface area (TPSA) is 49.3 Å². The van der Waals surface area contributed by atoms with Crippen molar-refractivity contribution >= 4 is 11.6 Å². The third-order valence-corrected chi connectivity index (χ3v) is 2.88. The van der Waals surface area contributed by atoms with E-state index in [-0.39, 0.29) is 12.5 Å². The van der Waals surface area contributed by atoms with Crippen molar-refractivity contribution in [1.29, 1.82) is 0 Å². The van der Waals surface area contributed by atoms with E-state index in [1.54, 1.807) is 24.3 Å². The number of hydrogen-bond donors (Lipinski definition) is 2. The Morgan fingerprint density at radius 2 is 1.63 bits per heavy atom. The third-order valence-electron chi connectivity index (χ3n) is 2.88. The summed E-state index contributed by atoms with van der Waals surface area (Å²) >= 11 is 0. The summed E-state index contributed by atoms with van der Waals surface area (Å²) in [5, 5.41) is 11.8. The summed E-state index contributed by atoms with van der Waals surface area (Å²) in [4.78, 5) is 12.1. The molecule has 0 heterocycles. The number of carbonyl (C=O) groups is 1. The van der Waals surface area contributed by atoms with E-state index in [1.807, 2.05) is 32.0 Å². The van der Waals surface area contributed by atoms with Crippen molar-refractivity contribution in [3.05, 3.63) is 64.7 Å². The van der Waals surface area contributed by atoms with E-state index in [0.717, 1.165) is 22.4 Å². The van der Waals surface area contributed by atoms with Gasteiger partial charge in [0.15, 0.2) is 0 Å². The van der Waals surface area contributed by atoms with Crippen molar-refractivity contribution in [2.75, 3.05) is 5.32 Å². The van der Waals surface area contributed by atoms with Gasteiger partial charge in [-0.2, -0.15) is 0 Å². The number of aryl methyl sites for hydroxylation is 2. The molecule has 0 saturated carbocycles. The van der Waals surface area contributed by atoms with E-state index in [4.69, 9.17) is 5.11 Å². The molecular weight excluding hydrogens is 238 g/mol. The molecule has 0 aliphatic carbocycles. The Bertz CT molecular complexity index is 568. The molecular formula is C16H17NO2. The van der Waals surface area contributed by atoms with Crippen molar-refractivity contribution in [2.45, 2.75) is 20.5 Å². The zero-order valence-electron chi connectivity index (χ0n) is 11.1. The fourth-order valence-electron chi connectivity index (χ4n) is 2.00. The predicted molar refractivity (Wildman–Crippen MR) is 76.2 cm³/mol. The van der Waals surface area contributed by atoms with E-state index >= 15 is 0 Å². The molecule has 0 spiro atoms. The van der Waals surface area contributed by atoms with E-state index in [2.05, 4.69) is 5.32 Å². The molecule has 2 aromatic rings. The number of aliphatic hydroxyl groups excluding tert-OH is 1. The molecule has 0 bridgehead atoms. The maximum atomic E-state index is 12.1. The largest absolute Gasteiger partial charge is 0.392 e. The van der Waals surface area contributed by atoms with Gasteiger partial charge in [-0.3, -0.25) is 4.79 Å². The molecule has 0 aliphatic rings. The van der Waals surface area contributed by atoms with Crippen LogP contribution in [0, 0.1) is 13.8 Å². The van der Waals surface area contributed by atoms with Crippen LogP contribution in [0.4, 0.5) is 5.69 Å². The summed E-state index contributed by atoms with van der Waals surface area (Å²) in [5.74, 6) is -0.122. The number of carbonyl (C=O) groups excluding carboxylic acids is 1. The second kappa shape index (κ2) is 5.67. The minimum Gasteiger partial charge on any atom is -0.392 e. The highest BCUT2D eigenvalue weighted by atomic mass is 16.3. The van der Waals surface area contributed by atoms with E-state index in [1.165, 1.54) is 0 Å². The van der Waals surface area contributed by atoms with Crippen molar-refractivity contribution in [2.24, 2.45) is 0 Å². The number of rotatable bonds is 3. The second-order valence-corrected chi connectivity index (χ2v) is 4.69. The molecule has 0 fully saturated rings. The van der Waals surface area contributed by atoms with E-state index < -0.39 is 0 Å². The maximum absolute atomic E-state index is 12.1. The number of anilines is 1. The molecule has 19 heavy (non-hydrogen) atoms. The second-order valence-electron chi connectivity index (χ2n) is 4.69. The lowest BCUT2D eigenvalue weighted by molar-refractivity contribution is 0.102. The van der Waals surface area contributed by atoms with Crippen molar-refractivity contribution in [3.8, 4) is 0 Å². The van der Waals surface area contributed by atoms with Gasteiger partial charge in [0.05, 0.1) is 6.61 Å². The Kier molecular flexibility index (Phi) is 3.97. The fraction of sp³-hybridized carbons (Fsp3) is 0.188. The Morgan fingerprint density at radius 3 is 2.16 bits per heavy atom. The molecule has 0 saturated heterocycles. The van der Waals surface area contributed by atoms with Gasteiger partial charge in [0.1, 0.15) is 0 Å². The molecule has 2 rings (SSSR count). The smallest absolute Gasteiger partial charge is 0.255 e. The first-order chi connectivity index (χ1) is 9.08. The molecule has 3 nitrogen and oxygen atoms in total. The predicted octanol–water partition coefficient (Wildman–Crippen LogP) is 3.05. The van der Waals surface area contributed by atoms with Gasteiger partial charge in [0.25, 0.3) is 5.91 Å². The van der Waals surface area contributed by atoms with Gasteiger partial charge in [0.2, 0.25) is 0 Å². The van der Waals surface area contributed by atoms with Gasteiger partial charge in [0, 0.05) is 11.3 Å². The summed E-state index contributed by atoms with van der Waals surface area (Å²) < 4.78 is 0. The van der Waals surface area contributed by atoms with E-state index in [0.29, 0.717) is 5.56 Å². The Labute approximate surface area is 112 Å². The lowest BCUT2D eigenvalue weighted by Gasteiger charge is -2.07. The number of aliphatic hydroxyl groups is 1. The van der Waals surface area contributed by atoms with Crippen LogP contribution in [0.1, 0.15) is 27.0 Å². The minimum atomic E-state index is -0.122. The number of amides is 1. The summed E-state index contributed by atoms with van der Waals surface area (Å²) in [7, 11) is 0. The molecule has 3 heteroatoms. The van der Waals surface area contributed by atoms with E-state index in [9.17, 15) is 4.79 Å². The standard InChI is InChI=1S/C16H17NO2/c1-11-7-12(2)9-14(8-11)16(19)17-15-5-3-13(10-18)4-6-15/h3-9,18H,10H2,1-2H3,(H,17,19). The average molecular weight is 255 g/mol. The normalized spacial score (nSPS) is 10.3. The molecule has 0 radical (unpaired) electrons. The van der Waals surface area contributed by atoms with Gasteiger partial charge in [-0.25, -0.2) is 0 Å². The van der Waals surface area contributed by atoms with Crippen molar-refractivity contribution < 1.29 is 9.90 Å². The van der Waals surface area contributed by atoms with Gasteiger partial charge < -0.3 is 10.4 Å². The first kappa shape index (κ1) is 13.3. The van der Waals surface area contributed by atoms with Crippen LogP contribution in [0.15, 0.2) is 42.5 Å². The Hall–Kier alpha value is -2.13. The summed E-state index contributed by atoms with van der Waals surface area (Å²) in [6.07, 6.45) is 0. The quantitative estimate of drug-likeness (QED) is 0.885. The lowest BCUT2D eigenvalue weighted by Crippen LogP contribution is -2.12. The minimum absolute atomic E-state index is 0.00526. The van der Waals surface area contributed by atoms with Gasteiger partial charge >= 0.3 is 0 Å². The molecule has 2 N–H and O–H groups in total. The monoisotopic (exact) mass is 255 g/mol. The molecule has 0 unspecified atom stereocenters.